The van der Waals surface area contributed by atoms with Crippen LogP contribution in [0.5, 0.6) is 0 Å². The Morgan fingerprint density at radius 3 is 2.75 bits per heavy atom. The zero-order valence-electron chi connectivity index (χ0n) is 11.9. The first-order chi connectivity index (χ1) is 9.58. The third kappa shape index (κ3) is 4.30. The highest BCUT2D eigenvalue weighted by Gasteiger charge is 2.19. The predicted molar refractivity (Wildman–Crippen MR) is 85.7 cm³/mol. The van der Waals surface area contributed by atoms with Crippen LogP contribution in [0.2, 0.25) is 0 Å². The van der Waals surface area contributed by atoms with Crippen LogP contribution >= 0.6 is 15.9 Å². The summed E-state index contributed by atoms with van der Waals surface area (Å²) in [7, 11) is 0. The van der Waals surface area contributed by atoms with Crippen LogP contribution in [0, 0.1) is 12.8 Å². The first kappa shape index (κ1) is 15.5. The number of nitrogens with one attached hydrogen (secondary N) is 1. The number of nitrogens with zero attached hydrogens (tertiary/aromatic N) is 1. The van der Waals surface area contributed by atoms with Gasteiger partial charge in [-0.15, -0.1) is 0 Å². The Hall–Kier alpha value is -0.910. The van der Waals surface area contributed by atoms with E-state index in [1.54, 1.807) is 0 Å². The maximum atomic E-state index is 12.0. The summed E-state index contributed by atoms with van der Waals surface area (Å²) in [5.41, 5.74) is 7.65. The zero-order valence-corrected chi connectivity index (χ0v) is 13.4. The van der Waals surface area contributed by atoms with Crippen molar-refractivity contribution >= 4 is 27.5 Å². The van der Waals surface area contributed by atoms with E-state index >= 15 is 0 Å². The largest absolute Gasteiger partial charge is 0.330 e. The maximum Gasteiger partial charge on any atom is 0.238 e. The number of halogens is 1. The molecule has 0 spiro atoms. The molecule has 3 N–H and O–H groups in total. The first-order valence-corrected chi connectivity index (χ1v) is 7.86. The fourth-order valence-electron chi connectivity index (χ4n) is 2.51. The summed E-state index contributed by atoms with van der Waals surface area (Å²) >= 11 is 3.46. The second-order valence-electron chi connectivity index (χ2n) is 5.47. The third-order valence-corrected chi connectivity index (χ3v) is 4.74. The molecule has 0 atom stereocenters. The lowest BCUT2D eigenvalue weighted by Gasteiger charge is -2.30. The molecule has 1 aliphatic heterocycles. The van der Waals surface area contributed by atoms with Crippen LogP contribution in [0.1, 0.15) is 18.4 Å². The molecule has 0 radical (unpaired) electrons. The fourth-order valence-corrected chi connectivity index (χ4v) is 2.75. The molecule has 0 bridgehead atoms. The molecule has 4 nitrogen and oxygen atoms in total. The van der Waals surface area contributed by atoms with Crippen LogP contribution in [0.15, 0.2) is 22.7 Å². The van der Waals surface area contributed by atoms with Crippen LogP contribution in [-0.4, -0.2) is 37.0 Å². The van der Waals surface area contributed by atoms with Crippen molar-refractivity contribution in [2.75, 3.05) is 31.5 Å². The summed E-state index contributed by atoms with van der Waals surface area (Å²) < 4.78 is 1.05. The van der Waals surface area contributed by atoms with E-state index in [1.165, 1.54) is 0 Å². The van der Waals surface area contributed by atoms with Gasteiger partial charge in [0.1, 0.15) is 0 Å². The van der Waals surface area contributed by atoms with E-state index in [0.717, 1.165) is 48.2 Å². The molecule has 1 heterocycles. The summed E-state index contributed by atoms with van der Waals surface area (Å²) in [6.07, 6.45) is 2.20. The first-order valence-electron chi connectivity index (χ1n) is 7.07. The predicted octanol–water partition coefficient (Wildman–Crippen LogP) is 2.37. The van der Waals surface area contributed by atoms with Crippen molar-refractivity contribution in [2.24, 2.45) is 11.7 Å². The molecule has 0 unspecified atom stereocenters. The van der Waals surface area contributed by atoms with Gasteiger partial charge >= 0.3 is 0 Å². The summed E-state index contributed by atoms with van der Waals surface area (Å²) in [4.78, 5) is 14.2. The fraction of sp³-hybridized carbons (Fsp3) is 0.533. The van der Waals surface area contributed by atoms with Crippen molar-refractivity contribution < 1.29 is 4.79 Å². The Morgan fingerprint density at radius 2 is 2.15 bits per heavy atom. The molecule has 20 heavy (non-hydrogen) atoms. The topological polar surface area (TPSA) is 58.4 Å². The number of aryl methyl sites for hydroxylation is 1. The number of hydrogen-bond donors (Lipinski definition) is 2. The number of carbonyl (C=O) groups excluding carboxylic acids is 1. The van der Waals surface area contributed by atoms with Gasteiger partial charge in [-0.25, -0.2) is 0 Å². The standard InChI is InChI=1S/C15H22BrN3O/c1-11-8-13(2-3-14(11)16)18-15(20)10-19-6-4-12(9-17)5-7-19/h2-3,8,12H,4-7,9-10,17H2,1H3,(H,18,20). The molecule has 0 saturated carbocycles. The average molecular weight is 340 g/mol. The highest BCUT2D eigenvalue weighted by Crippen LogP contribution is 2.20. The molecule has 5 heteroatoms. The molecule has 1 saturated heterocycles. The van der Waals surface area contributed by atoms with E-state index in [2.05, 4.69) is 26.1 Å². The number of piperidine rings is 1. The van der Waals surface area contributed by atoms with Crippen molar-refractivity contribution in [1.29, 1.82) is 0 Å². The molecule has 2 rings (SSSR count). The van der Waals surface area contributed by atoms with Gasteiger partial charge in [0, 0.05) is 10.2 Å². The minimum Gasteiger partial charge on any atom is -0.330 e. The van der Waals surface area contributed by atoms with E-state index in [1.807, 2.05) is 25.1 Å². The zero-order chi connectivity index (χ0) is 14.5. The summed E-state index contributed by atoms with van der Waals surface area (Å²) in [5, 5.41) is 2.96. The Labute approximate surface area is 128 Å². The van der Waals surface area contributed by atoms with Crippen LogP contribution in [-0.2, 0) is 4.79 Å². The number of hydrogen-bond acceptors (Lipinski definition) is 3. The lowest BCUT2D eigenvalue weighted by Crippen LogP contribution is -2.40. The van der Waals surface area contributed by atoms with Gasteiger partial charge in [-0.1, -0.05) is 15.9 Å². The van der Waals surface area contributed by atoms with Crippen molar-refractivity contribution in [3.63, 3.8) is 0 Å². The van der Waals surface area contributed by atoms with Gasteiger partial charge in [0.2, 0.25) is 5.91 Å². The Balaban J connectivity index is 1.82. The molecular weight excluding hydrogens is 318 g/mol. The lowest BCUT2D eigenvalue weighted by molar-refractivity contribution is -0.117. The number of carbonyl (C=O) groups is 1. The second-order valence-corrected chi connectivity index (χ2v) is 6.32. The van der Waals surface area contributed by atoms with Crippen molar-refractivity contribution in [1.82, 2.24) is 4.90 Å². The minimum atomic E-state index is 0.0536. The number of rotatable bonds is 4. The molecule has 110 valence electrons. The molecule has 1 amide bonds. The second kappa shape index (κ2) is 7.20. The Morgan fingerprint density at radius 1 is 1.45 bits per heavy atom. The van der Waals surface area contributed by atoms with E-state index < -0.39 is 0 Å². The van der Waals surface area contributed by atoms with E-state index in [0.29, 0.717) is 12.5 Å². The summed E-state index contributed by atoms with van der Waals surface area (Å²) in [6.45, 7) is 5.17. The number of likely N-dealkylation sites (tertiary alicyclic amines) is 1. The number of anilines is 1. The smallest absolute Gasteiger partial charge is 0.238 e. The van der Waals surface area contributed by atoms with Crippen molar-refractivity contribution in [3.8, 4) is 0 Å². The maximum absolute atomic E-state index is 12.0. The van der Waals surface area contributed by atoms with Crippen LogP contribution < -0.4 is 11.1 Å². The van der Waals surface area contributed by atoms with Crippen LogP contribution in [0.3, 0.4) is 0 Å². The van der Waals surface area contributed by atoms with Crippen molar-refractivity contribution in [3.05, 3.63) is 28.2 Å². The van der Waals surface area contributed by atoms with Crippen LogP contribution in [0.4, 0.5) is 5.69 Å². The molecule has 1 aromatic rings. The minimum absolute atomic E-state index is 0.0536. The van der Waals surface area contributed by atoms with Gasteiger partial charge in [-0.05, 0) is 69.1 Å². The van der Waals surface area contributed by atoms with E-state index in [4.69, 9.17) is 5.73 Å². The molecular formula is C15H22BrN3O. The van der Waals surface area contributed by atoms with Gasteiger partial charge in [0.05, 0.1) is 6.54 Å². The van der Waals surface area contributed by atoms with Crippen LogP contribution in [0.25, 0.3) is 0 Å². The van der Waals surface area contributed by atoms with Gasteiger partial charge in [0.25, 0.3) is 0 Å². The lowest BCUT2D eigenvalue weighted by atomic mass is 9.97. The van der Waals surface area contributed by atoms with Crippen molar-refractivity contribution in [2.45, 2.75) is 19.8 Å². The summed E-state index contributed by atoms with van der Waals surface area (Å²) in [5.74, 6) is 0.682. The third-order valence-electron chi connectivity index (χ3n) is 3.85. The monoisotopic (exact) mass is 339 g/mol. The molecule has 1 aliphatic rings. The van der Waals surface area contributed by atoms with Gasteiger partial charge in [-0.3, -0.25) is 9.69 Å². The van der Waals surface area contributed by atoms with Gasteiger partial charge in [0.15, 0.2) is 0 Å². The molecule has 0 aromatic heterocycles. The van der Waals surface area contributed by atoms with E-state index in [-0.39, 0.29) is 5.91 Å². The normalized spacial score (nSPS) is 17.1. The number of nitrogens with two attached hydrogens (primary N) is 1. The van der Waals surface area contributed by atoms with E-state index in [9.17, 15) is 4.79 Å². The number of benzene rings is 1. The highest BCUT2D eigenvalue weighted by atomic mass is 79.9. The molecule has 1 aromatic carbocycles. The molecule has 0 aliphatic carbocycles. The molecule has 1 fully saturated rings. The Kier molecular flexibility index (Phi) is 5.57. The highest BCUT2D eigenvalue weighted by molar-refractivity contribution is 9.10. The summed E-state index contributed by atoms with van der Waals surface area (Å²) in [6, 6.07) is 5.84. The number of amides is 1. The van der Waals surface area contributed by atoms with Gasteiger partial charge < -0.3 is 11.1 Å². The van der Waals surface area contributed by atoms with Gasteiger partial charge in [-0.2, -0.15) is 0 Å². The Bertz CT molecular complexity index is 470. The SMILES string of the molecule is Cc1cc(NC(=O)CN2CCC(CN)CC2)ccc1Br. The quantitative estimate of drug-likeness (QED) is 0.885. The average Bonchev–Trinajstić information content (AvgIpc) is 2.44.